The molecule has 23 heavy (non-hydrogen) atoms. The van der Waals surface area contributed by atoms with Gasteiger partial charge in [-0.1, -0.05) is 18.5 Å². The first-order valence-corrected chi connectivity index (χ1v) is 8.20. The Morgan fingerprint density at radius 3 is 2.43 bits per heavy atom. The van der Waals surface area contributed by atoms with Crippen LogP contribution in [0.15, 0.2) is 24.3 Å². The number of carbonyl (C=O) groups excluding carboxylic acids is 2. The molecule has 1 aliphatic heterocycles. The van der Waals surface area contributed by atoms with E-state index in [1.807, 2.05) is 0 Å². The van der Waals surface area contributed by atoms with Crippen molar-refractivity contribution in [3.8, 4) is 5.75 Å². The molecular weight excluding hydrogens is 318 g/mol. The normalized spacial score (nSPS) is 20.6. The lowest BCUT2D eigenvalue weighted by atomic mass is 9.99. The number of quaternary nitrogens is 1. The molecule has 1 aromatic rings. The van der Waals surface area contributed by atoms with Crippen LogP contribution in [0, 0.1) is 5.92 Å². The smallest absolute Gasteiger partial charge is 0.293 e. The number of carbonyl (C=O) groups is 2. The summed E-state index contributed by atoms with van der Waals surface area (Å²) >= 11 is 5.76. The number of nitrogens with one attached hydrogen (secondary N) is 3. The Kier molecular flexibility index (Phi) is 6.67. The van der Waals surface area contributed by atoms with Gasteiger partial charge in [-0.15, -0.1) is 0 Å². The second-order valence-corrected chi connectivity index (χ2v) is 6.38. The zero-order chi connectivity index (χ0) is 16.7. The zero-order valence-corrected chi connectivity index (χ0v) is 14.0. The van der Waals surface area contributed by atoms with E-state index in [1.165, 1.54) is 4.90 Å². The van der Waals surface area contributed by atoms with Crippen molar-refractivity contribution in [2.75, 3.05) is 26.2 Å². The topological polar surface area (TPSA) is 71.9 Å². The molecule has 1 fully saturated rings. The first-order valence-electron chi connectivity index (χ1n) is 7.82. The predicted octanol–water partition coefficient (Wildman–Crippen LogP) is 0.181. The van der Waals surface area contributed by atoms with Gasteiger partial charge in [0.25, 0.3) is 11.8 Å². The number of likely N-dealkylation sites (tertiary alicyclic amines) is 1. The number of hydrogen-bond donors (Lipinski definition) is 3. The highest BCUT2D eigenvalue weighted by atomic mass is 35.5. The quantitative estimate of drug-likeness (QED) is 0.670. The van der Waals surface area contributed by atoms with E-state index in [2.05, 4.69) is 17.8 Å². The van der Waals surface area contributed by atoms with Gasteiger partial charge in [0.2, 0.25) is 0 Å². The van der Waals surface area contributed by atoms with Gasteiger partial charge >= 0.3 is 0 Å². The first kappa shape index (κ1) is 17.6. The van der Waals surface area contributed by atoms with Crippen molar-refractivity contribution in [1.29, 1.82) is 0 Å². The standard InChI is InChI=1S/C16H22ClN3O3/c1-12-6-8-20(9-7-12)10-15(21)18-19-16(22)11-23-14-4-2-13(17)3-5-14/h2-5,12H,6-11H2,1H3,(H,18,21)(H,19,22)/p+1. The second kappa shape index (κ2) is 8.74. The Hall–Kier alpha value is -1.79. The number of hydrazine groups is 1. The molecule has 7 heteroatoms. The largest absolute Gasteiger partial charge is 0.484 e. The second-order valence-electron chi connectivity index (χ2n) is 5.95. The van der Waals surface area contributed by atoms with Crippen LogP contribution in [-0.4, -0.2) is 38.1 Å². The number of rotatable bonds is 5. The van der Waals surface area contributed by atoms with Crippen LogP contribution in [0.4, 0.5) is 0 Å². The van der Waals surface area contributed by atoms with Gasteiger partial charge in [-0.25, -0.2) is 0 Å². The van der Waals surface area contributed by atoms with Crippen LogP contribution >= 0.6 is 11.6 Å². The summed E-state index contributed by atoms with van der Waals surface area (Å²) in [6.45, 7) is 4.45. The first-order chi connectivity index (χ1) is 11.0. The Morgan fingerprint density at radius 1 is 1.17 bits per heavy atom. The SMILES string of the molecule is CC1CC[NH+](CC(=O)NNC(=O)COc2ccc(Cl)cc2)CC1. The van der Waals surface area contributed by atoms with Crippen molar-refractivity contribution in [1.82, 2.24) is 10.9 Å². The number of benzene rings is 1. The molecule has 0 unspecified atom stereocenters. The maximum absolute atomic E-state index is 11.8. The van der Waals surface area contributed by atoms with E-state index in [9.17, 15) is 9.59 Å². The Morgan fingerprint density at radius 2 is 1.78 bits per heavy atom. The van der Waals surface area contributed by atoms with E-state index in [0.717, 1.165) is 31.8 Å². The van der Waals surface area contributed by atoms with Crippen LogP contribution in [0.5, 0.6) is 5.75 Å². The van der Waals surface area contributed by atoms with Crippen LogP contribution in [-0.2, 0) is 9.59 Å². The minimum atomic E-state index is -0.407. The van der Waals surface area contributed by atoms with Gasteiger partial charge in [0.05, 0.1) is 13.1 Å². The summed E-state index contributed by atoms with van der Waals surface area (Å²) in [4.78, 5) is 24.7. The molecule has 1 aromatic carbocycles. The summed E-state index contributed by atoms with van der Waals surface area (Å²) in [6.07, 6.45) is 2.29. The lowest BCUT2D eigenvalue weighted by Crippen LogP contribution is -3.14. The Labute approximate surface area is 141 Å². The molecule has 1 heterocycles. The van der Waals surface area contributed by atoms with Crippen molar-refractivity contribution < 1.29 is 19.2 Å². The van der Waals surface area contributed by atoms with E-state index in [4.69, 9.17) is 16.3 Å². The molecule has 0 saturated carbocycles. The van der Waals surface area contributed by atoms with Crippen molar-refractivity contribution >= 4 is 23.4 Å². The number of ether oxygens (including phenoxy) is 1. The Balaban J connectivity index is 1.61. The molecule has 0 aromatic heterocycles. The van der Waals surface area contributed by atoms with E-state index in [-0.39, 0.29) is 12.5 Å². The highest BCUT2D eigenvalue weighted by Crippen LogP contribution is 2.15. The number of halogens is 1. The summed E-state index contributed by atoms with van der Waals surface area (Å²) in [5, 5.41) is 0.601. The monoisotopic (exact) mass is 340 g/mol. The van der Waals surface area contributed by atoms with Gasteiger partial charge in [0.15, 0.2) is 13.2 Å². The minimum absolute atomic E-state index is 0.171. The molecule has 2 rings (SSSR count). The molecule has 126 valence electrons. The molecule has 0 radical (unpaired) electrons. The zero-order valence-electron chi connectivity index (χ0n) is 13.2. The third-order valence-corrected chi connectivity index (χ3v) is 4.17. The molecule has 3 N–H and O–H groups in total. The molecule has 2 amide bonds. The average Bonchev–Trinajstić information content (AvgIpc) is 2.54. The van der Waals surface area contributed by atoms with Gasteiger partial charge in [-0.3, -0.25) is 20.4 Å². The van der Waals surface area contributed by atoms with E-state index < -0.39 is 5.91 Å². The van der Waals surface area contributed by atoms with Crippen LogP contribution in [0.25, 0.3) is 0 Å². The van der Waals surface area contributed by atoms with Gasteiger partial charge in [0.1, 0.15) is 5.75 Å². The lowest BCUT2D eigenvalue weighted by Gasteiger charge is -2.26. The Bertz CT molecular complexity index is 528. The third kappa shape index (κ3) is 6.46. The molecule has 0 spiro atoms. The number of amides is 2. The summed E-state index contributed by atoms with van der Waals surface area (Å²) in [5.74, 6) is 0.694. The minimum Gasteiger partial charge on any atom is -0.484 e. The van der Waals surface area contributed by atoms with E-state index >= 15 is 0 Å². The summed E-state index contributed by atoms with van der Waals surface area (Å²) < 4.78 is 5.29. The lowest BCUT2D eigenvalue weighted by molar-refractivity contribution is -0.898. The maximum atomic E-state index is 11.8. The van der Waals surface area contributed by atoms with Crippen LogP contribution in [0.1, 0.15) is 19.8 Å². The molecule has 0 bridgehead atoms. The van der Waals surface area contributed by atoms with Crippen LogP contribution in [0.2, 0.25) is 5.02 Å². The fourth-order valence-electron chi connectivity index (χ4n) is 2.47. The molecule has 0 aliphatic carbocycles. The summed E-state index contributed by atoms with van der Waals surface area (Å²) in [7, 11) is 0. The number of piperidine rings is 1. The van der Waals surface area contributed by atoms with Gasteiger partial charge in [-0.05, 0) is 43.0 Å². The maximum Gasteiger partial charge on any atom is 0.293 e. The van der Waals surface area contributed by atoms with Crippen molar-refractivity contribution in [3.63, 3.8) is 0 Å². The predicted molar refractivity (Wildman–Crippen MR) is 87.2 cm³/mol. The van der Waals surface area contributed by atoms with Crippen molar-refractivity contribution in [3.05, 3.63) is 29.3 Å². The number of hydrogen-bond acceptors (Lipinski definition) is 3. The van der Waals surface area contributed by atoms with Gasteiger partial charge < -0.3 is 9.64 Å². The highest BCUT2D eigenvalue weighted by molar-refractivity contribution is 6.30. The average molecular weight is 341 g/mol. The van der Waals surface area contributed by atoms with Crippen LogP contribution in [0.3, 0.4) is 0 Å². The fraction of sp³-hybridized carbons (Fsp3) is 0.500. The van der Waals surface area contributed by atoms with Crippen molar-refractivity contribution in [2.24, 2.45) is 5.92 Å². The molecule has 1 saturated heterocycles. The molecule has 1 aliphatic rings. The van der Waals surface area contributed by atoms with Gasteiger partial charge in [0, 0.05) is 5.02 Å². The molecule has 0 atom stereocenters. The molecule has 6 nitrogen and oxygen atoms in total. The summed E-state index contributed by atoms with van der Waals surface area (Å²) in [6, 6.07) is 6.71. The van der Waals surface area contributed by atoms with E-state index in [0.29, 0.717) is 17.3 Å². The molecular formula is C16H23ClN3O3+. The van der Waals surface area contributed by atoms with Crippen molar-refractivity contribution in [2.45, 2.75) is 19.8 Å². The highest BCUT2D eigenvalue weighted by Gasteiger charge is 2.21. The third-order valence-electron chi connectivity index (χ3n) is 3.92. The van der Waals surface area contributed by atoms with Gasteiger partial charge in [-0.2, -0.15) is 0 Å². The fourth-order valence-corrected chi connectivity index (χ4v) is 2.60. The summed E-state index contributed by atoms with van der Waals surface area (Å²) in [5.41, 5.74) is 4.79. The van der Waals surface area contributed by atoms with Crippen LogP contribution < -0.4 is 20.5 Å². The van der Waals surface area contributed by atoms with E-state index in [1.54, 1.807) is 24.3 Å².